The molecule has 0 saturated carbocycles. The fourth-order valence-electron chi connectivity index (χ4n) is 2.86. The lowest BCUT2D eigenvalue weighted by Gasteiger charge is -2.32. The van der Waals surface area contributed by atoms with Crippen LogP contribution in [0.25, 0.3) is 0 Å². The fourth-order valence-corrected chi connectivity index (χ4v) is 3.03. The highest BCUT2D eigenvalue weighted by Crippen LogP contribution is 2.26. The first kappa shape index (κ1) is 17.5. The van der Waals surface area contributed by atoms with Crippen LogP contribution in [-0.4, -0.2) is 47.3 Å². The second-order valence-corrected chi connectivity index (χ2v) is 6.43. The monoisotopic (exact) mass is 361 g/mol. The van der Waals surface area contributed by atoms with Crippen LogP contribution in [0.3, 0.4) is 0 Å². The lowest BCUT2D eigenvalue weighted by Crippen LogP contribution is -2.44. The van der Waals surface area contributed by atoms with Crippen LogP contribution in [0.15, 0.2) is 30.3 Å². The van der Waals surface area contributed by atoms with Crippen LogP contribution < -0.4 is 9.47 Å². The average molecular weight is 362 g/mol. The second-order valence-electron chi connectivity index (χ2n) is 5.99. The number of nitrogens with zero attached hydrogens (tertiary/aromatic N) is 3. The summed E-state index contributed by atoms with van der Waals surface area (Å²) in [6.45, 7) is 3.04. The van der Waals surface area contributed by atoms with E-state index in [4.69, 9.17) is 21.1 Å². The predicted molar refractivity (Wildman–Crippen MR) is 94.3 cm³/mol. The Labute approximate surface area is 151 Å². The molecule has 2 aromatic rings. The molecule has 25 heavy (non-hydrogen) atoms. The average Bonchev–Trinajstić information content (AvgIpc) is 2.63. The van der Waals surface area contributed by atoms with E-state index in [1.807, 2.05) is 13.0 Å². The molecule has 1 aliphatic rings. The van der Waals surface area contributed by atoms with E-state index in [0.717, 1.165) is 18.5 Å². The van der Waals surface area contributed by atoms with Crippen molar-refractivity contribution >= 4 is 17.5 Å². The molecule has 0 aliphatic carbocycles. The number of amides is 1. The van der Waals surface area contributed by atoms with Crippen molar-refractivity contribution in [2.24, 2.45) is 0 Å². The summed E-state index contributed by atoms with van der Waals surface area (Å²) in [5.41, 5.74) is 1.30. The van der Waals surface area contributed by atoms with Gasteiger partial charge in [0.2, 0.25) is 5.88 Å². The minimum atomic E-state index is -0.111. The van der Waals surface area contributed by atoms with Gasteiger partial charge >= 0.3 is 0 Å². The summed E-state index contributed by atoms with van der Waals surface area (Å²) >= 11 is 6.04. The number of hydrogen-bond acceptors (Lipinski definition) is 5. The summed E-state index contributed by atoms with van der Waals surface area (Å²) in [6.07, 6.45) is 1.62. The highest BCUT2D eigenvalue weighted by atomic mass is 35.5. The van der Waals surface area contributed by atoms with Crippen molar-refractivity contribution in [2.45, 2.75) is 25.9 Å². The number of aromatic nitrogens is 2. The number of aryl methyl sites for hydroxylation is 1. The van der Waals surface area contributed by atoms with E-state index < -0.39 is 0 Å². The van der Waals surface area contributed by atoms with Gasteiger partial charge in [-0.05, 0) is 44.0 Å². The lowest BCUT2D eigenvalue weighted by atomic mass is 10.1. The van der Waals surface area contributed by atoms with Crippen LogP contribution in [0.4, 0.5) is 0 Å². The van der Waals surface area contributed by atoms with Crippen molar-refractivity contribution < 1.29 is 14.3 Å². The third-order valence-electron chi connectivity index (χ3n) is 4.12. The summed E-state index contributed by atoms with van der Waals surface area (Å²) in [7, 11) is 1.54. The van der Waals surface area contributed by atoms with Crippen LogP contribution in [-0.2, 0) is 0 Å². The van der Waals surface area contributed by atoms with Crippen LogP contribution >= 0.6 is 11.6 Å². The van der Waals surface area contributed by atoms with Gasteiger partial charge in [0.1, 0.15) is 11.9 Å². The van der Waals surface area contributed by atoms with Crippen molar-refractivity contribution in [3.8, 4) is 11.6 Å². The van der Waals surface area contributed by atoms with Gasteiger partial charge in [-0.3, -0.25) is 4.79 Å². The molecule has 1 unspecified atom stereocenters. The Hall–Kier alpha value is -2.34. The second kappa shape index (κ2) is 7.70. The molecule has 132 valence electrons. The van der Waals surface area contributed by atoms with Crippen molar-refractivity contribution in [1.82, 2.24) is 15.1 Å². The highest BCUT2D eigenvalue weighted by Gasteiger charge is 2.27. The van der Waals surface area contributed by atoms with Crippen molar-refractivity contribution in [3.05, 3.63) is 46.6 Å². The quantitative estimate of drug-likeness (QED) is 0.837. The van der Waals surface area contributed by atoms with E-state index in [-0.39, 0.29) is 12.0 Å². The van der Waals surface area contributed by atoms with E-state index >= 15 is 0 Å². The maximum absolute atomic E-state index is 12.9. The summed E-state index contributed by atoms with van der Waals surface area (Å²) in [6, 6.07) is 8.69. The zero-order valence-corrected chi connectivity index (χ0v) is 15.0. The number of methoxy groups -OCH3 is 1. The van der Waals surface area contributed by atoms with Crippen molar-refractivity contribution in [2.75, 3.05) is 20.2 Å². The van der Waals surface area contributed by atoms with E-state index in [9.17, 15) is 4.79 Å². The van der Waals surface area contributed by atoms with E-state index in [1.165, 1.54) is 7.11 Å². The zero-order chi connectivity index (χ0) is 17.8. The largest absolute Gasteiger partial charge is 0.496 e. The van der Waals surface area contributed by atoms with Gasteiger partial charge in [-0.2, -0.15) is 5.10 Å². The molecule has 1 aliphatic heterocycles. The molecule has 1 amide bonds. The molecule has 1 aromatic heterocycles. The molecule has 0 radical (unpaired) electrons. The third kappa shape index (κ3) is 4.20. The molecular weight excluding hydrogens is 342 g/mol. The molecule has 1 atom stereocenters. The number of ether oxygens (including phenoxy) is 2. The molecule has 1 saturated heterocycles. The number of halogens is 1. The number of benzene rings is 1. The molecule has 0 N–H and O–H groups in total. The van der Waals surface area contributed by atoms with Gasteiger partial charge in [-0.25, -0.2) is 0 Å². The molecule has 0 bridgehead atoms. The number of rotatable bonds is 4. The number of carbonyl (C=O) groups excluding carboxylic acids is 1. The zero-order valence-electron chi connectivity index (χ0n) is 14.2. The van der Waals surface area contributed by atoms with E-state index in [0.29, 0.717) is 35.3 Å². The molecular formula is C18H20ClN3O3. The Kier molecular flexibility index (Phi) is 5.38. The first-order valence-electron chi connectivity index (χ1n) is 8.16. The Morgan fingerprint density at radius 1 is 1.28 bits per heavy atom. The normalized spacial score (nSPS) is 17.2. The maximum Gasteiger partial charge on any atom is 0.257 e. The van der Waals surface area contributed by atoms with Crippen LogP contribution in [0.2, 0.25) is 5.02 Å². The summed E-state index contributed by atoms with van der Waals surface area (Å²) in [4.78, 5) is 14.6. The Morgan fingerprint density at radius 3 is 2.84 bits per heavy atom. The molecule has 1 fully saturated rings. The van der Waals surface area contributed by atoms with Gasteiger partial charge < -0.3 is 14.4 Å². The standard InChI is InChI=1S/C18H20ClN3O3/c1-12-5-8-17(21-20-12)25-14-4-3-9-22(11-14)18(23)15-10-13(19)6-7-16(15)24-2/h5-8,10,14H,3-4,9,11H2,1-2H3. The molecule has 3 rings (SSSR count). The molecule has 6 nitrogen and oxygen atoms in total. The van der Waals surface area contributed by atoms with Crippen molar-refractivity contribution in [3.63, 3.8) is 0 Å². The maximum atomic E-state index is 12.9. The number of carbonyl (C=O) groups is 1. The van der Waals surface area contributed by atoms with E-state index in [2.05, 4.69) is 10.2 Å². The van der Waals surface area contributed by atoms with Crippen LogP contribution in [0.1, 0.15) is 28.9 Å². The molecule has 0 spiro atoms. The summed E-state index contributed by atoms with van der Waals surface area (Å²) in [5, 5.41) is 8.52. The van der Waals surface area contributed by atoms with Gasteiger partial charge in [-0.1, -0.05) is 11.6 Å². The number of likely N-dealkylation sites (tertiary alicyclic amines) is 1. The smallest absolute Gasteiger partial charge is 0.257 e. The first-order chi connectivity index (χ1) is 12.1. The van der Waals surface area contributed by atoms with Gasteiger partial charge in [0.05, 0.1) is 24.9 Å². The SMILES string of the molecule is COc1ccc(Cl)cc1C(=O)N1CCCC(Oc2ccc(C)nn2)C1. The van der Waals surface area contributed by atoms with Crippen molar-refractivity contribution in [1.29, 1.82) is 0 Å². The highest BCUT2D eigenvalue weighted by molar-refractivity contribution is 6.31. The van der Waals surface area contributed by atoms with E-state index in [1.54, 1.807) is 29.2 Å². The van der Waals surface area contributed by atoms with Gasteiger partial charge in [-0.15, -0.1) is 5.10 Å². The summed E-state index contributed by atoms with van der Waals surface area (Å²) in [5.74, 6) is 0.884. The number of hydrogen-bond donors (Lipinski definition) is 0. The molecule has 1 aromatic carbocycles. The Bertz CT molecular complexity index is 752. The minimum absolute atomic E-state index is 0.109. The fraction of sp³-hybridized carbons (Fsp3) is 0.389. The van der Waals surface area contributed by atoms with Crippen LogP contribution in [0, 0.1) is 6.92 Å². The first-order valence-corrected chi connectivity index (χ1v) is 8.54. The van der Waals surface area contributed by atoms with Gasteiger partial charge in [0, 0.05) is 17.6 Å². The topological polar surface area (TPSA) is 64.5 Å². The Balaban J connectivity index is 1.71. The number of piperidine rings is 1. The third-order valence-corrected chi connectivity index (χ3v) is 4.35. The molecule has 2 heterocycles. The van der Waals surface area contributed by atoms with Gasteiger partial charge in [0.15, 0.2) is 0 Å². The Morgan fingerprint density at radius 2 is 2.12 bits per heavy atom. The van der Waals surface area contributed by atoms with Crippen LogP contribution in [0.5, 0.6) is 11.6 Å². The summed E-state index contributed by atoms with van der Waals surface area (Å²) < 4.78 is 11.2. The van der Waals surface area contributed by atoms with Gasteiger partial charge in [0.25, 0.3) is 5.91 Å². The molecule has 7 heteroatoms. The minimum Gasteiger partial charge on any atom is -0.496 e. The predicted octanol–water partition coefficient (Wildman–Crippen LogP) is 3.13. The lowest BCUT2D eigenvalue weighted by molar-refractivity contribution is 0.0522.